The van der Waals surface area contributed by atoms with Crippen LogP contribution in [0.3, 0.4) is 0 Å². The molecular weight excluding hydrogens is 397 g/mol. The maximum absolute atomic E-state index is 12.6. The number of aromatic nitrogens is 1. The zero-order valence-corrected chi connectivity index (χ0v) is 16.8. The van der Waals surface area contributed by atoms with E-state index in [9.17, 15) is 13.2 Å². The highest BCUT2D eigenvalue weighted by atomic mass is 32.2. The smallest absolute Gasteiger partial charge is 0.370 e. The van der Waals surface area contributed by atoms with Crippen molar-refractivity contribution in [3.8, 4) is 0 Å². The monoisotopic (exact) mass is 420 g/mol. The molecule has 0 spiro atoms. The minimum atomic E-state index is -4.28. The van der Waals surface area contributed by atoms with Crippen LogP contribution in [0.2, 0.25) is 0 Å². The van der Waals surface area contributed by atoms with E-state index >= 15 is 0 Å². The van der Waals surface area contributed by atoms with E-state index in [0.29, 0.717) is 5.75 Å². The van der Waals surface area contributed by atoms with Gasteiger partial charge < -0.3 is 15.5 Å². The average Bonchev–Trinajstić information content (AvgIpc) is 2.96. The summed E-state index contributed by atoms with van der Waals surface area (Å²) in [5.41, 5.74) is 1.64. The van der Waals surface area contributed by atoms with E-state index in [4.69, 9.17) is 0 Å². The number of anilines is 2. The van der Waals surface area contributed by atoms with Crippen LogP contribution in [0.15, 0.2) is 17.2 Å². The molecule has 3 heterocycles. The first kappa shape index (κ1) is 20.2. The van der Waals surface area contributed by atoms with Gasteiger partial charge in [0.2, 0.25) is 0 Å². The lowest BCUT2D eigenvalue weighted by Gasteiger charge is -2.29. The number of amidine groups is 1. The van der Waals surface area contributed by atoms with Gasteiger partial charge in [-0.15, -0.1) is 0 Å². The molecule has 11 heteroatoms. The molecule has 2 aliphatic heterocycles. The molecule has 6 nitrogen and oxygen atoms in total. The molecule has 1 aromatic rings. The molecule has 0 aliphatic carbocycles. The number of nitrogens with one attached hydrogen (secondary N) is 2. The minimum absolute atomic E-state index is 0.127. The summed E-state index contributed by atoms with van der Waals surface area (Å²) in [5.74, 6) is 2.82. The zero-order valence-electron chi connectivity index (χ0n) is 15.2. The van der Waals surface area contributed by atoms with Crippen molar-refractivity contribution in [2.45, 2.75) is 25.0 Å². The van der Waals surface area contributed by atoms with Gasteiger partial charge in [0.1, 0.15) is 18.5 Å². The third kappa shape index (κ3) is 6.00. The SMILES string of the molecule is CC1NC(SCc2cc(N3CCSCC3)cc(NCC(F)(F)F)n2)=NN1C. The van der Waals surface area contributed by atoms with Crippen LogP contribution < -0.4 is 15.5 Å². The van der Waals surface area contributed by atoms with Crippen LogP contribution in [0.4, 0.5) is 24.7 Å². The standard InChI is InChI=1S/C16H23F3N6S2/c1-11-21-15(23-24(11)2)27-9-12-7-13(25-3-5-26-6-4-25)8-14(22-12)20-10-16(17,18)19/h7-8,11H,3-6,9-10H2,1-2H3,(H,20,22)(H,21,23). The second-order valence-corrected chi connectivity index (χ2v) is 8.55. The fourth-order valence-electron chi connectivity index (χ4n) is 2.67. The summed E-state index contributed by atoms with van der Waals surface area (Å²) in [4.78, 5) is 6.57. The van der Waals surface area contributed by atoms with E-state index in [-0.39, 0.29) is 12.0 Å². The van der Waals surface area contributed by atoms with E-state index in [2.05, 4.69) is 25.6 Å². The van der Waals surface area contributed by atoms with Gasteiger partial charge >= 0.3 is 6.18 Å². The number of alkyl halides is 3. The van der Waals surface area contributed by atoms with Gasteiger partial charge in [-0.05, 0) is 13.0 Å². The molecule has 0 saturated carbocycles. The lowest BCUT2D eigenvalue weighted by Crippen LogP contribution is -2.32. The zero-order chi connectivity index (χ0) is 19.4. The molecule has 0 aromatic carbocycles. The molecule has 0 bridgehead atoms. The minimum Gasteiger partial charge on any atom is -0.370 e. The first-order chi connectivity index (χ1) is 12.8. The Labute approximate surface area is 165 Å². The van der Waals surface area contributed by atoms with Crippen molar-refractivity contribution in [1.82, 2.24) is 15.3 Å². The molecule has 27 heavy (non-hydrogen) atoms. The predicted octanol–water partition coefficient (Wildman–Crippen LogP) is 2.99. The number of halogens is 3. The van der Waals surface area contributed by atoms with Crippen LogP contribution in [0.1, 0.15) is 12.6 Å². The second-order valence-electron chi connectivity index (χ2n) is 6.36. The van der Waals surface area contributed by atoms with Crippen molar-refractivity contribution in [3.63, 3.8) is 0 Å². The van der Waals surface area contributed by atoms with Crippen molar-refractivity contribution in [3.05, 3.63) is 17.8 Å². The third-order valence-electron chi connectivity index (χ3n) is 4.21. The van der Waals surface area contributed by atoms with Crippen LogP contribution in [0.5, 0.6) is 0 Å². The number of pyridine rings is 1. The number of rotatable bonds is 5. The van der Waals surface area contributed by atoms with E-state index in [1.54, 1.807) is 6.07 Å². The lowest BCUT2D eigenvalue weighted by atomic mass is 10.2. The van der Waals surface area contributed by atoms with Crippen molar-refractivity contribution in [2.75, 3.05) is 48.4 Å². The highest BCUT2D eigenvalue weighted by molar-refractivity contribution is 8.13. The molecular formula is C16H23F3N6S2. The highest BCUT2D eigenvalue weighted by Crippen LogP contribution is 2.26. The van der Waals surface area contributed by atoms with E-state index in [0.717, 1.165) is 41.1 Å². The van der Waals surface area contributed by atoms with Crippen molar-refractivity contribution < 1.29 is 13.2 Å². The Bertz CT molecular complexity index is 679. The Hall–Kier alpha value is -1.49. The number of thioether (sulfide) groups is 2. The Morgan fingerprint density at radius 3 is 2.70 bits per heavy atom. The number of nitrogens with zero attached hydrogens (tertiary/aromatic N) is 4. The van der Waals surface area contributed by atoms with E-state index < -0.39 is 12.7 Å². The van der Waals surface area contributed by atoms with Gasteiger partial charge in [0.25, 0.3) is 0 Å². The molecule has 1 atom stereocenters. The quantitative estimate of drug-likeness (QED) is 0.760. The molecule has 3 rings (SSSR count). The molecule has 1 aromatic heterocycles. The largest absolute Gasteiger partial charge is 0.405 e. The molecule has 150 valence electrons. The summed E-state index contributed by atoms with van der Waals surface area (Å²) in [6, 6.07) is 3.67. The number of hydrogen-bond donors (Lipinski definition) is 2. The molecule has 1 unspecified atom stereocenters. The normalized spacial score (nSPS) is 20.5. The third-order valence-corrected chi connectivity index (χ3v) is 6.06. The molecule has 1 fully saturated rings. The van der Waals surface area contributed by atoms with Gasteiger partial charge in [-0.3, -0.25) is 5.01 Å². The van der Waals surface area contributed by atoms with E-state index in [1.807, 2.05) is 36.8 Å². The van der Waals surface area contributed by atoms with Gasteiger partial charge in [0.05, 0.1) is 5.69 Å². The van der Waals surface area contributed by atoms with Crippen LogP contribution >= 0.6 is 23.5 Å². The van der Waals surface area contributed by atoms with Crippen LogP contribution in [0.25, 0.3) is 0 Å². The summed E-state index contributed by atoms with van der Waals surface area (Å²) in [6.45, 7) is 2.68. The van der Waals surface area contributed by atoms with Crippen molar-refractivity contribution in [2.24, 2.45) is 5.10 Å². The highest BCUT2D eigenvalue weighted by Gasteiger charge is 2.27. The number of hydrazone groups is 1. The first-order valence-electron chi connectivity index (χ1n) is 8.65. The second kappa shape index (κ2) is 8.68. The molecule has 1 saturated heterocycles. The van der Waals surface area contributed by atoms with Gasteiger partial charge in [-0.1, -0.05) is 11.8 Å². The van der Waals surface area contributed by atoms with Crippen molar-refractivity contribution in [1.29, 1.82) is 0 Å². The maximum Gasteiger partial charge on any atom is 0.405 e. The Morgan fingerprint density at radius 2 is 2.07 bits per heavy atom. The van der Waals surface area contributed by atoms with Crippen LogP contribution in [0, 0.1) is 0 Å². The molecule has 0 radical (unpaired) electrons. The van der Waals surface area contributed by atoms with Crippen LogP contribution in [-0.4, -0.2) is 65.7 Å². The Balaban J connectivity index is 1.73. The summed E-state index contributed by atoms with van der Waals surface area (Å²) in [7, 11) is 1.89. The fraction of sp³-hybridized carbons (Fsp3) is 0.625. The van der Waals surface area contributed by atoms with Gasteiger partial charge in [-0.25, -0.2) is 4.98 Å². The molecule has 2 aliphatic rings. The van der Waals surface area contributed by atoms with Gasteiger partial charge in [0.15, 0.2) is 5.17 Å². The number of hydrogen-bond acceptors (Lipinski definition) is 8. The summed E-state index contributed by atoms with van der Waals surface area (Å²) in [6.07, 6.45) is -4.15. The maximum atomic E-state index is 12.6. The van der Waals surface area contributed by atoms with Crippen molar-refractivity contribution >= 4 is 40.2 Å². The van der Waals surface area contributed by atoms with Gasteiger partial charge in [-0.2, -0.15) is 30.0 Å². The average molecular weight is 421 g/mol. The Kier molecular flexibility index (Phi) is 6.51. The topological polar surface area (TPSA) is 55.8 Å². The predicted molar refractivity (Wildman–Crippen MR) is 107 cm³/mol. The fourth-order valence-corrected chi connectivity index (χ4v) is 4.45. The lowest BCUT2D eigenvalue weighted by molar-refractivity contribution is -0.115. The summed E-state index contributed by atoms with van der Waals surface area (Å²) < 4.78 is 37.8. The molecule has 0 amide bonds. The Morgan fingerprint density at radius 1 is 1.33 bits per heavy atom. The summed E-state index contributed by atoms with van der Waals surface area (Å²) >= 11 is 3.38. The summed E-state index contributed by atoms with van der Waals surface area (Å²) in [5, 5.41) is 12.7. The van der Waals surface area contributed by atoms with E-state index in [1.165, 1.54) is 11.8 Å². The first-order valence-corrected chi connectivity index (χ1v) is 10.8. The van der Waals surface area contributed by atoms with Crippen LogP contribution in [-0.2, 0) is 5.75 Å². The molecule has 2 N–H and O–H groups in total. The van der Waals surface area contributed by atoms with Gasteiger partial charge in [0, 0.05) is 49.1 Å².